The summed E-state index contributed by atoms with van der Waals surface area (Å²) < 4.78 is 5.22. The van der Waals surface area contributed by atoms with Gasteiger partial charge in [-0.25, -0.2) is 0 Å². The molecule has 0 aromatic heterocycles. The summed E-state index contributed by atoms with van der Waals surface area (Å²) in [6.45, 7) is 0. The van der Waals surface area contributed by atoms with Gasteiger partial charge in [-0.3, -0.25) is 0 Å². The highest BCUT2D eigenvalue weighted by Crippen LogP contribution is 2.32. The lowest BCUT2D eigenvalue weighted by molar-refractivity contribution is 0.414. The third-order valence-electron chi connectivity index (χ3n) is 3.48. The van der Waals surface area contributed by atoms with Crippen molar-refractivity contribution in [1.29, 1.82) is 0 Å². The quantitative estimate of drug-likeness (QED) is 0.720. The van der Waals surface area contributed by atoms with Crippen molar-refractivity contribution >= 4 is 11.6 Å². The average molecular weight is 239 g/mol. The highest BCUT2D eigenvalue weighted by Gasteiger charge is 2.23. The Hall–Kier alpha value is -0.690. The van der Waals surface area contributed by atoms with E-state index in [1.165, 1.54) is 31.2 Å². The van der Waals surface area contributed by atoms with E-state index in [2.05, 4.69) is 12.1 Å². The molecule has 1 saturated carbocycles. The smallest absolute Gasteiger partial charge is 0.119 e. The molecule has 1 atom stereocenters. The lowest BCUT2D eigenvalue weighted by Gasteiger charge is -2.16. The molecule has 2 rings (SSSR count). The number of methoxy groups -OCH3 is 1. The van der Waals surface area contributed by atoms with E-state index in [-0.39, 0.29) is 5.38 Å². The van der Waals surface area contributed by atoms with Gasteiger partial charge in [-0.2, -0.15) is 0 Å². The van der Waals surface area contributed by atoms with E-state index in [0.29, 0.717) is 5.92 Å². The Bertz CT molecular complexity index is 331. The Labute approximate surface area is 103 Å². The lowest BCUT2D eigenvalue weighted by atomic mass is 9.97. The van der Waals surface area contributed by atoms with Crippen LogP contribution in [-0.4, -0.2) is 12.5 Å². The molecule has 0 radical (unpaired) electrons. The molecule has 1 aromatic carbocycles. The van der Waals surface area contributed by atoms with Crippen molar-refractivity contribution < 1.29 is 4.74 Å². The number of rotatable bonds is 4. The summed E-state index contributed by atoms with van der Waals surface area (Å²) in [4.78, 5) is 0. The minimum absolute atomic E-state index is 0.287. The van der Waals surface area contributed by atoms with E-state index in [9.17, 15) is 0 Å². The molecule has 0 amide bonds. The summed E-state index contributed by atoms with van der Waals surface area (Å²) in [5, 5.41) is 0.287. The second-order valence-corrected chi connectivity index (χ2v) is 5.18. The van der Waals surface area contributed by atoms with Crippen LogP contribution in [0.4, 0.5) is 0 Å². The third-order valence-corrected chi connectivity index (χ3v) is 3.99. The topological polar surface area (TPSA) is 9.23 Å². The Morgan fingerprint density at radius 3 is 2.81 bits per heavy atom. The van der Waals surface area contributed by atoms with E-state index in [1.54, 1.807) is 7.11 Å². The van der Waals surface area contributed by atoms with Crippen molar-refractivity contribution in [2.45, 2.75) is 37.5 Å². The number of alkyl halides is 1. The number of benzene rings is 1. The van der Waals surface area contributed by atoms with Crippen LogP contribution in [0.3, 0.4) is 0 Å². The normalized spacial score (nSPS) is 18.6. The van der Waals surface area contributed by atoms with Crippen LogP contribution in [0.15, 0.2) is 24.3 Å². The third kappa shape index (κ3) is 2.91. The van der Waals surface area contributed by atoms with Crippen molar-refractivity contribution in [3.8, 4) is 5.75 Å². The molecule has 0 saturated heterocycles. The Kier molecular flexibility index (Phi) is 4.11. The molecule has 16 heavy (non-hydrogen) atoms. The molecule has 1 aliphatic rings. The standard InChI is InChI=1S/C14H19ClO/c1-16-13-8-4-5-11(9-13)10-14(15)12-6-2-3-7-12/h4-5,8-9,12,14H,2-3,6-7,10H2,1H3. The van der Waals surface area contributed by atoms with Crippen LogP contribution in [0.1, 0.15) is 31.2 Å². The first-order valence-electron chi connectivity index (χ1n) is 6.06. The molecule has 88 valence electrons. The fraction of sp³-hybridized carbons (Fsp3) is 0.571. The van der Waals surface area contributed by atoms with Crippen molar-refractivity contribution in [3.63, 3.8) is 0 Å². The second kappa shape index (κ2) is 5.58. The van der Waals surface area contributed by atoms with Crippen molar-refractivity contribution in [1.82, 2.24) is 0 Å². The maximum atomic E-state index is 6.48. The summed E-state index contributed by atoms with van der Waals surface area (Å²) in [5.41, 5.74) is 1.28. The Balaban J connectivity index is 1.96. The maximum absolute atomic E-state index is 6.48. The Morgan fingerprint density at radius 1 is 1.38 bits per heavy atom. The molecule has 1 aromatic rings. The fourth-order valence-electron chi connectivity index (χ4n) is 2.51. The van der Waals surface area contributed by atoms with Gasteiger partial charge in [0.15, 0.2) is 0 Å². The van der Waals surface area contributed by atoms with E-state index in [1.807, 2.05) is 12.1 Å². The fourth-order valence-corrected chi connectivity index (χ4v) is 2.94. The predicted molar refractivity (Wildman–Crippen MR) is 68.3 cm³/mol. The zero-order chi connectivity index (χ0) is 11.4. The first kappa shape index (κ1) is 11.8. The molecular formula is C14H19ClO. The molecule has 1 aliphatic carbocycles. The van der Waals surface area contributed by atoms with Gasteiger partial charge in [0, 0.05) is 5.38 Å². The number of halogens is 1. The molecule has 1 nitrogen and oxygen atoms in total. The van der Waals surface area contributed by atoms with E-state index in [4.69, 9.17) is 16.3 Å². The van der Waals surface area contributed by atoms with Crippen molar-refractivity contribution in [3.05, 3.63) is 29.8 Å². The van der Waals surface area contributed by atoms with Gasteiger partial charge in [-0.1, -0.05) is 25.0 Å². The molecule has 0 heterocycles. The van der Waals surface area contributed by atoms with E-state index >= 15 is 0 Å². The minimum atomic E-state index is 0.287. The number of ether oxygens (including phenoxy) is 1. The molecule has 1 fully saturated rings. The first-order chi connectivity index (χ1) is 7.79. The van der Waals surface area contributed by atoms with Gasteiger partial charge in [0.25, 0.3) is 0 Å². The Morgan fingerprint density at radius 2 is 2.12 bits per heavy atom. The summed E-state index contributed by atoms with van der Waals surface area (Å²) in [7, 11) is 1.70. The van der Waals surface area contributed by atoms with Crippen molar-refractivity contribution in [2.75, 3.05) is 7.11 Å². The molecule has 2 heteroatoms. The van der Waals surface area contributed by atoms with Crippen LogP contribution in [0, 0.1) is 5.92 Å². The molecule has 0 bridgehead atoms. The first-order valence-corrected chi connectivity index (χ1v) is 6.50. The van der Waals surface area contributed by atoms with Crippen LogP contribution in [0.5, 0.6) is 5.75 Å². The van der Waals surface area contributed by atoms with Gasteiger partial charge in [-0.05, 0) is 42.9 Å². The van der Waals surface area contributed by atoms with Crippen LogP contribution < -0.4 is 4.74 Å². The van der Waals surface area contributed by atoms with Gasteiger partial charge in [0.2, 0.25) is 0 Å². The summed E-state index contributed by atoms with van der Waals surface area (Å²) in [6.07, 6.45) is 6.28. The summed E-state index contributed by atoms with van der Waals surface area (Å²) in [5.74, 6) is 1.64. The number of hydrogen-bond acceptors (Lipinski definition) is 1. The highest BCUT2D eigenvalue weighted by molar-refractivity contribution is 6.20. The molecular weight excluding hydrogens is 220 g/mol. The molecule has 0 aliphatic heterocycles. The van der Waals surface area contributed by atoms with Crippen molar-refractivity contribution in [2.24, 2.45) is 5.92 Å². The largest absolute Gasteiger partial charge is 0.497 e. The molecule has 0 spiro atoms. The highest BCUT2D eigenvalue weighted by atomic mass is 35.5. The minimum Gasteiger partial charge on any atom is -0.497 e. The zero-order valence-corrected chi connectivity index (χ0v) is 10.5. The SMILES string of the molecule is COc1cccc(CC(Cl)C2CCCC2)c1. The van der Waals surface area contributed by atoms with Crippen LogP contribution >= 0.6 is 11.6 Å². The van der Waals surface area contributed by atoms with Crippen LogP contribution in [0.2, 0.25) is 0 Å². The molecule has 1 unspecified atom stereocenters. The second-order valence-electron chi connectivity index (χ2n) is 4.62. The zero-order valence-electron chi connectivity index (χ0n) is 9.79. The predicted octanol–water partition coefficient (Wildman–Crippen LogP) is 4.04. The van der Waals surface area contributed by atoms with Gasteiger partial charge < -0.3 is 4.74 Å². The van der Waals surface area contributed by atoms with E-state index in [0.717, 1.165) is 12.2 Å². The van der Waals surface area contributed by atoms with Gasteiger partial charge >= 0.3 is 0 Å². The molecule has 0 N–H and O–H groups in total. The maximum Gasteiger partial charge on any atom is 0.119 e. The summed E-state index contributed by atoms with van der Waals surface area (Å²) in [6, 6.07) is 8.23. The summed E-state index contributed by atoms with van der Waals surface area (Å²) >= 11 is 6.48. The van der Waals surface area contributed by atoms with Crippen LogP contribution in [0.25, 0.3) is 0 Å². The van der Waals surface area contributed by atoms with Crippen LogP contribution in [-0.2, 0) is 6.42 Å². The van der Waals surface area contributed by atoms with E-state index < -0.39 is 0 Å². The van der Waals surface area contributed by atoms with Gasteiger partial charge in [0.05, 0.1) is 7.11 Å². The van der Waals surface area contributed by atoms with Gasteiger partial charge in [-0.15, -0.1) is 11.6 Å². The average Bonchev–Trinajstić information content (AvgIpc) is 2.83. The van der Waals surface area contributed by atoms with Gasteiger partial charge in [0.1, 0.15) is 5.75 Å². The monoisotopic (exact) mass is 238 g/mol. The lowest BCUT2D eigenvalue weighted by Crippen LogP contribution is -2.14. The number of hydrogen-bond donors (Lipinski definition) is 0.